The molecule has 2 rings (SSSR count). The number of benzene rings is 1. The van der Waals surface area contributed by atoms with Gasteiger partial charge in [-0.2, -0.15) is 0 Å². The molecule has 1 aliphatic rings. The fourth-order valence-corrected chi connectivity index (χ4v) is 4.17. The van der Waals surface area contributed by atoms with Crippen molar-refractivity contribution in [2.45, 2.75) is 57.5 Å². The fraction of sp³-hybridized carbons (Fsp3) is 0.500. The van der Waals surface area contributed by atoms with Crippen molar-refractivity contribution < 1.29 is 13.5 Å². The number of halogens is 2. The van der Waals surface area contributed by atoms with E-state index >= 15 is 0 Å². The molecule has 0 bridgehead atoms. The third-order valence-corrected chi connectivity index (χ3v) is 5.34. The van der Waals surface area contributed by atoms with Gasteiger partial charge in [-0.25, -0.2) is 8.78 Å². The Kier molecular flexibility index (Phi) is 6.64. The molecule has 154 valence electrons. The van der Waals surface area contributed by atoms with Gasteiger partial charge in [0.1, 0.15) is 11.4 Å². The zero-order chi connectivity index (χ0) is 21.3. The third-order valence-electron chi connectivity index (χ3n) is 4.40. The van der Waals surface area contributed by atoms with Crippen LogP contribution in [0, 0.1) is 0 Å². The van der Waals surface area contributed by atoms with Crippen LogP contribution in [0.3, 0.4) is 0 Å². The van der Waals surface area contributed by atoms with Crippen molar-refractivity contribution in [1.29, 1.82) is 0 Å². The van der Waals surface area contributed by atoms with Crippen LogP contribution in [0.15, 0.2) is 46.1 Å². The average Bonchev–Trinajstić information content (AvgIpc) is 2.83. The highest BCUT2D eigenvalue weighted by Crippen LogP contribution is 2.39. The minimum Gasteiger partial charge on any atom is -0.487 e. The van der Waals surface area contributed by atoms with Crippen LogP contribution in [0.25, 0.3) is 0 Å². The summed E-state index contributed by atoms with van der Waals surface area (Å²) in [7, 11) is 3.18. The molecule has 0 saturated heterocycles. The summed E-state index contributed by atoms with van der Waals surface area (Å²) in [6.07, 6.45) is 2.17. The monoisotopic (exact) mass is 408 g/mol. The SMILES string of the molecule is C=C(/C=C(\N(C)C)C(C)(F)F)/N=C(\C)c1cc2c(cc1SCC)OC(C)(C)C2. The molecule has 0 atom stereocenters. The van der Waals surface area contributed by atoms with Crippen molar-refractivity contribution >= 4 is 17.5 Å². The maximum absolute atomic E-state index is 13.8. The average molecular weight is 409 g/mol. The Bertz CT molecular complexity index is 821. The topological polar surface area (TPSA) is 24.8 Å². The van der Waals surface area contributed by atoms with Gasteiger partial charge in [-0.15, -0.1) is 11.8 Å². The summed E-state index contributed by atoms with van der Waals surface area (Å²) in [6, 6.07) is 4.18. The maximum atomic E-state index is 13.8. The van der Waals surface area contributed by atoms with E-state index < -0.39 is 5.92 Å². The molecule has 0 radical (unpaired) electrons. The number of rotatable bonds is 7. The van der Waals surface area contributed by atoms with Crippen LogP contribution in [0.4, 0.5) is 8.78 Å². The summed E-state index contributed by atoms with van der Waals surface area (Å²) in [5.74, 6) is -1.14. The summed E-state index contributed by atoms with van der Waals surface area (Å²) in [6.45, 7) is 12.9. The van der Waals surface area contributed by atoms with Gasteiger partial charge in [-0.1, -0.05) is 13.5 Å². The second-order valence-corrected chi connectivity index (χ2v) is 9.23. The Hall–Kier alpha value is -1.82. The summed E-state index contributed by atoms with van der Waals surface area (Å²) >= 11 is 1.71. The van der Waals surface area contributed by atoms with Crippen molar-refractivity contribution in [2.75, 3.05) is 19.8 Å². The Morgan fingerprint density at radius 1 is 1.39 bits per heavy atom. The lowest BCUT2D eigenvalue weighted by molar-refractivity contribution is 0.0387. The summed E-state index contributed by atoms with van der Waals surface area (Å²) in [5, 5.41) is 0. The first-order valence-corrected chi connectivity index (χ1v) is 10.3. The van der Waals surface area contributed by atoms with Gasteiger partial charge in [-0.05, 0) is 50.3 Å². The Morgan fingerprint density at radius 2 is 2.04 bits per heavy atom. The number of hydrogen-bond acceptors (Lipinski definition) is 4. The van der Waals surface area contributed by atoms with Crippen molar-refractivity contribution in [3.63, 3.8) is 0 Å². The Labute approximate surface area is 171 Å². The normalized spacial score (nSPS) is 16.6. The summed E-state index contributed by atoms with van der Waals surface area (Å²) in [4.78, 5) is 6.99. The van der Waals surface area contributed by atoms with Crippen LogP contribution in [0.2, 0.25) is 0 Å². The molecular weight excluding hydrogens is 378 g/mol. The Morgan fingerprint density at radius 3 is 2.57 bits per heavy atom. The van der Waals surface area contributed by atoms with Gasteiger partial charge in [0.25, 0.3) is 5.92 Å². The molecule has 3 nitrogen and oxygen atoms in total. The molecule has 0 amide bonds. The lowest BCUT2D eigenvalue weighted by Crippen LogP contribution is -2.26. The highest BCUT2D eigenvalue weighted by atomic mass is 32.2. The molecule has 0 saturated carbocycles. The first-order chi connectivity index (χ1) is 12.8. The van der Waals surface area contributed by atoms with Crippen LogP contribution in [-0.4, -0.2) is 42.0 Å². The zero-order valence-corrected chi connectivity index (χ0v) is 18.6. The van der Waals surface area contributed by atoms with Gasteiger partial charge in [0.15, 0.2) is 0 Å². The van der Waals surface area contributed by atoms with Crippen molar-refractivity contribution in [1.82, 2.24) is 4.90 Å². The van der Waals surface area contributed by atoms with E-state index in [1.165, 1.54) is 11.0 Å². The van der Waals surface area contributed by atoms with E-state index in [-0.39, 0.29) is 11.3 Å². The van der Waals surface area contributed by atoms with Gasteiger partial charge in [0.2, 0.25) is 0 Å². The number of nitrogens with zero attached hydrogens (tertiary/aromatic N) is 2. The largest absolute Gasteiger partial charge is 0.487 e. The molecule has 1 aliphatic heterocycles. The van der Waals surface area contributed by atoms with E-state index in [2.05, 4.69) is 44.5 Å². The molecule has 28 heavy (non-hydrogen) atoms. The number of alkyl halides is 2. The van der Waals surface area contributed by atoms with E-state index in [0.717, 1.165) is 46.6 Å². The number of thioether (sulfide) groups is 1. The molecular formula is C22H30F2N2OS. The van der Waals surface area contributed by atoms with Crippen LogP contribution >= 0.6 is 11.8 Å². The third kappa shape index (κ3) is 5.37. The van der Waals surface area contributed by atoms with E-state index in [9.17, 15) is 8.78 Å². The van der Waals surface area contributed by atoms with Crippen molar-refractivity contribution in [3.05, 3.63) is 47.3 Å². The van der Waals surface area contributed by atoms with Crippen molar-refractivity contribution in [2.24, 2.45) is 4.99 Å². The number of aliphatic imine (C=N–C) groups is 1. The molecule has 1 aromatic carbocycles. The molecule has 1 heterocycles. The van der Waals surface area contributed by atoms with Crippen LogP contribution in [-0.2, 0) is 6.42 Å². The van der Waals surface area contributed by atoms with Gasteiger partial charge >= 0.3 is 0 Å². The predicted octanol–water partition coefficient (Wildman–Crippen LogP) is 5.94. The lowest BCUT2D eigenvalue weighted by atomic mass is 9.99. The van der Waals surface area contributed by atoms with Crippen LogP contribution in [0.1, 0.15) is 45.7 Å². The first kappa shape index (κ1) is 22.5. The highest BCUT2D eigenvalue weighted by Gasteiger charge is 2.31. The highest BCUT2D eigenvalue weighted by molar-refractivity contribution is 7.99. The molecule has 1 aromatic rings. The molecule has 6 heteroatoms. The minimum atomic E-state index is -2.96. The van der Waals surface area contributed by atoms with E-state index in [0.29, 0.717) is 5.70 Å². The summed E-state index contributed by atoms with van der Waals surface area (Å²) < 4.78 is 33.7. The number of fused-ring (bicyclic) bond motifs is 1. The number of hydrogen-bond donors (Lipinski definition) is 0. The first-order valence-electron chi connectivity index (χ1n) is 9.34. The molecule has 0 fully saturated rings. The second-order valence-electron chi connectivity index (χ2n) is 7.93. The number of allylic oxidation sites excluding steroid dienone is 2. The summed E-state index contributed by atoms with van der Waals surface area (Å²) in [5.41, 5.74) is 2.84. The number of ether oxygens (including phenoxy) is 1. The van der Waals surface area contributed by atoms with Crippen molar-refractivity contribution in [3.8, 4) is 5.75 Å². The van der Waals surface area contributed by atoms with Gasteiger partial charge < -0.3 is 9.64 Å². The maximum Gasteiger partial charge on any atom is 0.284 e. The van der Waals surface area contributed by atoms with E-state index in [1.807, 2.05) is 6.92 Å². The molecule has 0 aliphatic carbocycles. The molecule has 0 N–H and O–H groups in total. The van der Waals surface area contributed by atoms with Crippen LogP contribution in [0.5, 0.6) is 5.75 Å². The molecule has 0 aromatic heterocycles. The standard InChI is InChI=1S/C22H30F2N2OS/c1-9-28-19-12-18-16(13-21(4,5)27-18)11-17(19)15(3)25-14(2)10-20(26(7)8)22(6,23)24/h10-12H,2,9,13H2,1,3-8H3/b20-10-,25-15+. The smallest absolute Gasteiger partial charge is 0.284 e. The van der Waals surface area contributed by atoms with E-state index in [4.69, 9.17) is 4.74 Å². The van der Waals surface area contributed by atoms with E-state index in [1.54, 1.807) is 25.9 Å². The zero-order valence-electron chi connectivity index (χ0n) is 17.8. The molecule has 0 unspecified atom stereocenters. The predicted molar refractivity (Wildman–Crippen MR) is 115 cm³/mol. The second kappa shape index (κ2) is 8.27. The van der Waals surface area contributed by atoms with Gasteiger partial charge in [-0.3, -0.25) is 4.99 Å². The quantitative estimate of drug-likeness (QED) is 0.317. The van der Waals surface area contributed by atoms with Crippen LogP contribution < -0.4 is 4.74 Å². The minimum absolute atomic E-state index is 0.124. The Balaban J connectivity index is 2.42. The lowest BCUT2D eigenvalue weighted by Gasteiger charge is -2.23. The van der Waals surface area contributed by atoms with Gasteiger partial charge in [0.05, 0.1) is 11.4 Å². The fourth-order valence-electron chi connectivity index (χ4n) is 3.30. The van der Waals surface area contributed by atoms with Gasteiger partial charge in [0, 0.05) is 43.6 Å². The molecule has 0 spiro atoms.